The zero-order chi connectivity index (χ0) is 22.2. The van der Waals surface area contributed by atoms with Gasteiger partial charge in [0, 0.05) is 36.5 Å². The summed E-state index contributed by atoms with van der Waals surface area (Å²) in [4.78, 5) is 21.2. The highest BCUT2D eigenvalue weighted by atomic mass is 16.5. The van der Waals surface area contributed by atoms with Crippen LogP contribution in [-0.2, 0) is 11.3 Å². The Labute approximate surface area is 181 Å². The Hall–Kier alpha value is -3.78. The van der Waals surface area contributed by atoms with Crippen molar-refractivity contribution in [1.29, 1.82) is 5.41 Å². The average molecular weight is 419 g/mol. The molecule has 0 radical (unpaired) electrons. The number of carbonyl (C=O) groups excluding carboxylic acids is 1. The van der Waals surface area contributed by atoms with E-state index in [1.54, 1.807) is 19.4 Å². The van der Waals surface area contributed by atoms with Crippen LogP contribution in [0.3, 0.4) is 0 Å². The van der Waals surface area contributed by atoms with Crippen molar-refractivity contribution < 1.29 is 9.53 Å². The fourth-order valence-electron chi connectivity index (χ4n) is 3.12. The minimum Gasteiger partial charge on any atom is -0.378 e. The maximum atomic E-state index is 12.5. The number of aryl methyl sites for hydroxylation is 1. The quantitative estimate of drug-likeness (QED) is 0.401. The molecule has 160 valence electrons. The zero-order valence-corrected chi connectivity index (χ0v) is 17.8. The number of methoxy groups -OCH3 is 1. The lowest BCUT2D eigenvalue weighted by atomic mass is 10.1. The van der Waals surface area contributed by atoms with Crippen LogP contribution in [0.1, 0.15) is 35.5 Å². The van der Waals surface area contributed by atoms with Gasteiger partial charge in [0.25, 0.3) is 0 Å². The molecule has 1 atom stereocenters. The summed E-state index contributed by atoms with van der Waals surface area (Å²) in [7, 11) is 1.57. The van der Waals surface area contributed by atoms with E-state index in [0.29, 0.717) is 22.8 Å². The Bertz CT molecular complexity index is 1060. The minimum atomic E-state index is -0.381. The molecule has 0 bridgehead atoms. The lowest BCUT2D eigenvalue weighted by Gasteiger charge is -2.18. The second-order valence-electron chi connectivity index (χ2n) is 7.04. The molecule has 4 N–H and O–H groups in total. The van der Waals surface area contributed by atoms with Crippen molar-refractivity contribution in [3.8, 4) is 0 Å². The molecule has 2 aromatic heterocycles. The number of urea groups is 1. The molecule has 0 saturated heterocycles. The highest BCUT2D eigenvalue weighted by Crippen LogP contribution is 2.26. The normalized spacial score (nSPS) is 11.5. The lowest BCUT2D eigenvalue weighted by Crippen LogP contribution is -2.31. The minimum absolute atomic E-state index is 0.169. The van der Waals surface area contributed by atoms with Gasteiger partial charge >= 0.3 is 6.03 Å². The van der Waals surface area contributed by atoms with Crippen LogP contribution >= 0.6 is 0 Å². The van der Waals surface area contributed by atoms with E-state index in [2.05, 4.69) is 25.9 Å². The molecule has 0 fully saturated rings. The van der Waals surface area contributed by atoms with E-state index < -0.39 is 0 Å². The summed E-state index contributed by atoms with van der Waals surface area (Å²) < 4.78 is 5.29. The Morgan fingerprint density at radius 3 is 2.68 bits per heavy atom. The summed E-state index contributed by atoms with van der Waals surface area (Å²) >= 11 is 0. The monoisotopic (exact) mass is 418 g/mol. The molecule has 2 amide bonds. The first-order valence-corrected chi connectivity index (χ1v) is 9.85. The lowest BCUT2D eigenvalue weighted by molar-refractivity contribution is 0.182. The van der Waals surface area contributed by atoms with E-state index in [9.17, 15) is 4.79 Å². The number of nitrogens with zero attached hydrogens (tertiary/aromatic N) is 2. The molecule has 3 rings (SSSR count). The van der Waals surface area contributed by atoms with Gasteiger partial charge < -0.3 is 20.8 Å². The van der Waals surface area contributed by atoms with Gasteiger partial charge in [-0.15, -0.1) is 0 Å². The summed E-state index contributed by atoms with van der Waals surface area (Å²) in [6, 6.07) is 14.5. The van der Waals surface area contributed by atoms with Gasteiger partial charge in [0.05, 0.1) is 24.0 Å². The predicted octanol–water partition coefficient (Wildman–Crippen LogP) is 4.56. The van der Waals surface area contributed by atoms with Gasteiger partial charge in [-0.25, -0.2) is 9.78 Å². The summed E-state index contributed by atoms with van der Waals surface area (Å²) in [6.45, 7) is 4.02. The molecule has 8 nitrogen and oxygen atoms in total. The van der Waals surface area contributed by atoms with Gasteiger partial charge in [-0.05, 0) is 37.6 Å². The van der Waals surface area contributed by atoms with E-state index in [4.69, 9.17) is 10.1 Å². The molecule has 0 spiro atoms. The number of amides is 2. The SMILES string of the molecule is COCc1nc(NC(=O)NC(C)c2ccccc2)cc(C=N)c1Nc1ccnc(C)c1. The number of carbonyl (C=O) groups is 1. The van der Waals surface area contributed by atoms with Crippen molar-refractivity contribution in [2.45, 2.75) is 26.5 Å². The third-order valence-electron chi connectivity index (χ3n) is 4.62. The number of hydrogen-bond acceptors (Lipinski definition) is 6. The van der Waals surface area contributed by atoms with Crippen LogP contribution in [0.5, 0.6) is 0 Å². The van der Waals surface area contributed by atoms with Crippen LogP contribution in [0, 0.1) is 12.3 Å². The van der Waals surface area contributed by atoms with Gasteiger partial charge in [0.15, 0.2) is 0 Å². The van der Waals surface area contributed by atoms with Gasteiger partial charge in [-0.1, -0.05) is 30.3 Å². The van der Waals surface area contributed by atoms with E-state index in [1.807, 2.05) is 56.3 Å². The first-order chi connectivity index (χ1) is 15.0. The maximum Gasteiger partial charge on any atom is 0.320 e. The van der Waals surface area contributed by atoms with Crippen molar-refractivity contribution in [2.75, 3.05) is 17.7 Å². The van der Waals surface area contributed by atoms with Crippen molar-refractivity contribution in [3.63, 3.8) is 0 Å². The Morgan fingerprint density at radius 2 is 2.00 bits per heavy atom. The number of aromatic nitrogens is 2. The summed E-state index contributed by atoms with van der Waals surface area (Å²) in [5, 5.41) is 16.8. The van der Waals surface area contributed by atoms with E-state index in [-0.39, 0.29) is 18.7 Å². The number of nitrogens with one attached hydrogen (secondary N) is 4. The van der Waals surface area contributed by atoms with Crippen molar-refractivity contribution >= 4 is 29.4 Å². The number of hydrogen-bond donors (Lipinski definition) is 4. The van der Waals surface area contributed by atoms with Crippen LogP contribution in [-0.4, -0.2) is 29.3 Å². The first kappa shape index (κ1) is 21.9. The molecule has 0 aliphatic heterocycles. The molecule has 8 heteroatoms. The number of benzene rings is 1. The topological polar surface area (TPSA) is 112 Å². The number of anilines is 3. The summed E-state index contributed by atoms with van der Waals surface area (Å²) in [5.74, 6) is 0.333. The fraction of sp³-hybridized carbons (Fsp3) is 0.217. The second-order valence-corrected chi connectivity index (χ2v) is 7.04. The van der Waals surface area contributed by atoms with Gasteiger partial charge in [-0.3, -0.25) is 10.3 Å². The summed E-state index contributed by atoms with van der Waals surface area (Å²) in [5.41, 5.74) is 4.48. The Kier molecular flexibility index (Phi) is 7.29. The molecule has 31 heavy (non-hydrogen) atoms. The highest BCUT2D eigenvalue weighted by molar-refractivity contribution is 5.93. The molecule has 2 heterocycles. The van der Waals surface area contributed by atoms with E-state index >= 15 is 0 Å². The van der Waals surface area contributed by atoms with Gasteiger partial charge in [0.2, 0.25) is 0 Å². The standard InChI is InChI=1S/C23H26N6O2/c1-15-11-19(9-10-25-15)27-22-18(13-24)12-21(28-20(22)14-31-3)29-23(30)26-16(2)17-7-5-4-6-8-17/h4-13,16,24H,14H2,1-3H3,(H,25,27)(H2,26,28,29,30). The molecule has 0 aliphatic rings. The van der Waals surface area contributed by atoms with Gasteiger partial charge in [-0.2, -0.15) is 0 Å². The fourth-order valence-corrected chi connectivity index (χ4v) is 3.12. The number of ether oxygens (including phenoxy) is 1. The Morgan fingerprint density at radius 1 is 1.23 bits per heavy atom. The molecule has 1 unspecified atom stereocenters. The zero-order valence-electron chi connectivity index (χ0n) is 17.8. The molecule has 3 aromatic rings. The number of rotatable bonds is 8. The first-order valence-electron chi connectivity index (χ1n) is 9.85. The predicted molar refractivity (Wildman–Crippen MR) is 122 cm³/mol. The van der Waals surface area contributed by atoms with E-state index in [1.165, 1.54) is 6.21 Å². The smallest absolute Gasteiger partial charge is 0.320 e. The largest absolute Gasteiger partial charge is 0.378 e. The molecular formula is C23H26N6O2. The molecule has 1 aromatic carbocycles. The van der Waals surface area contributed by atoms with E-state index in [0.717, 1.165) is 16.9 Å². The van der Waals surface area contributed by atoms with Crippen LogP contribution in [0.15, 0.2) is 54.7 Å². The van der Waals surface area contributed by atoms with Gasteiger partial charge in [0.1, 0.15) is 5.82 Å². The molecular weight excluding hydrogens is 392 g/mol. The third-order valence-corrected chi connectivity index (χ3v) is 4.62. The molecule has 0 saturated carbocycles. The van der Waals surface area contributed by atoms with Crippen molar-refractivity contribution in [1.82, 2.24) is 15.3 Å². The average Bonchev–Trinajstić information content (AvgIpc) is 2.76. The maximum absolute atomic E-state index is 12.5. The highest BCUT2D eigenvalue weighted by Gasteiger charge is 2.15. The number of pyridine rings is 2. The third kappa shape index (κ3) is 5.86. The second kappa shape index (κ2) is 10.3. The Balaban J connectivity index is 1.82. The van der Waals surface area contributed by atoms with Crippen LogP contribution in [0.2, 0.25) is 0 Å². The van der Waals surface area contributed by atoms with Crippen LogP contribution in [0.4, 0.5) is 22.0 Å². The van der Waals surface area contributed by atoms with Crippen LogP contribution in [0.25, 0.3) is 0 Å². The summed E-state index contributed by atoms with van der Waals surface area (Å²) in [6.07, 6.45) is 2.92. The molecule has 0 aliphatic carbocycles. The van der Waals surface area contributed by atoms with Crippen molar-refractivity contribution in [3.05, 3.63) is 77.2 Å². The van der Waals surface area contributed by atoms with Crippen molar-refractivity contribution in [2.24, 2.45) is 0 Å². The van der Waals surface area contributed by atoms with Crippen LogP contribution < -0.4 is 16.0 Å².